The lowest BCUT2D eigenvalue weighted by Gasteiger charge is -2.11. The van der Waals surface area contributed by atoms with Crippen LogP contribution in [-0.2, 0) is 9.53 Å². The standard InChI is InChI=1S/C11H20N2O2/c1-4-5-10(8-12)13-11(14)6-7-15-9(2)3/h9-10H,4-7H2,1-3H3,(H,13,14). The molecule has 0 bridgehead atoms. The van der Waals surface area contributed by atoms with E-state index in [2.05, 4.69) is 11.4 Å². The van der Waals surface area contributed by atoms with Crippen molar-refractivity contribution in [1.82, 2.24) is 5.32 Å². The summed E-state index contributed by atoms with van der Waals surface area (Å²) in [5.41, 5.74) is 0. The van der Waals surface area contributed by atoms with Gasteiger partial charge in [-0.15, -0.1) is 0 Å². The highest BCUT2D eigenvalue weighted by Gasteiger charge is 2.09. The molecule has 0 radical (unpaired) electrons. The van der Waals surface area contributed by atoms with E-state index < -0.39 is 0 Å². The lowest BCUT2D eigenvalue weighted by Crippen LogP contribution is -2.34. The summed E-state index contributed by atoms with van der Waals surface area (Å²) in [5, 5.41) is 11.4. The van der Waals surface area contributed by atoms with Gasteiger partial charge in [0, 0.05) is 0 Å². The van der Waals surface area contributed by atoms with Crippen molar-refractivity contribution in [3.63, 3.8) is 0 Å². The number of hydrogen-bond donors (Lipinski definition) is 1. The second-order valence-corrected chi connectivity index (χ2v) is 3.71. The largest absolute Gasteiger partial charge is 0.378 e. The first-order valence-corrected chi connectivity index (χ1v) is 5.40. The predicted octanol–water partition coefficient (Wildman–Crippen LogP) is 1.61. The first-order valence-electron chi connectivity index (χ1n) is 5.40. The van der Waals surface area contributed by atoms with Crippen LogP contribution in [-0.4, -0.2) is 24.7 Å². The normalized spacial score (nSPS) is 12.2. The lowest BCUT2D eigenvalue weighted by molar-refractivity contribution is -0.122. The number of nitrogens with zero attached hydrogens (tertiary/aromatic N) is 1. The summed E-state index contributed by atoms with van der Waals surface area (Å²) in [4.78, 5) is 11.3. The van der Waals surface area contributed by atoms with Crippen molar-refractivity contribution < 1.29 is 9.53 Å². The van der Waals surface area contributed by atoms with Crippen molar-refractivity contribution >= 4 is 5.91 Å². The maximum Gasteiger partial charge on any atom is 0.223 e. The van der Waals surface area contributed by atoms with E-state index in [0.29, 0.717) is 19.4 Å². The van der Waals surface area contributed by atoms with E-state index in [1.807, 2.05) is 20.8 Å². The van der Waals surface area contributed by atoms with Crippen LogP contribution in [0.4, 0.5) is 0 Å². The third-order valence-electron chi connectivity index (χ3n) is 1.85. The van der Waals surface area contributed by atoms with Crippen molar-refractivity contribution in [2.45, 2.75) is 52.2 Å². The molecule has 1 N–H and O–H groups in total. The topological polar surface area (TPSA) is 62.1 Å². The van der Waals surface area contributed by atoms with Gasteiger partial charge >= 0.3 is 0 Å². The van der Waals surface area contributed by atoms with E-state index in [9.17, 15) is 4.79 Å². The number of nitriles is 1. The monoisotopic (exact) mass is 212 g/mol. The molecule has 0 saturated carbocycles. The Hall–Kier alpha value is -1.08. The summed E-state index contributed by atoms with van der Waals surface area (Å²) in [6.45, 7) is 6.24. The van der Waals surface area contributed by atoms with Crippen LogP contribution in [0.15, 0.2) is 0 Å². The van der Waals surface area contributed by atoms with Crippen molar-refractivity contribution in [2.75, 3.05) is 6.61 Å². The molecule has 86 valence electrons. The summed E-state index contributed by atoms with van der Waals surface area (Å²) in [6.07, 6.45) is 2.05. The molecule has 0 heterocycles. The molecule has 0 aromatic rings. The third kappa shape index (κ3) is 7.95. The molecule has 1 amide bonds. The highest BCUT2D eigenvalue weighted by Crippen LogP contribution is 1.96. The molecule has 0 spiro atoms. The van der Waals surface area contributed by atoms with Gasteiger partial charge in [-0.2, -0.15) is 5.26 Å². The van der Waals surface area contributed by atoms with Crippen LogP contribution in [0.3, 0.4) is 0 Å². The van der Waals surface area contributed by atoms with E-state index in [-0.39, 0.29) is 18.1 Å². The second-order valence-electron chi connectivity index (χ2n) is 3.71. The van der Waals surface area contributed by atoms with Crippen molar-refractivity contribution in [3.05, 3.63) is 0 Å². The molecule has 0 aliphatic rings. The van der Waals surface area contributed by atoms with Crippen molar-refractivity contribution in [3.8, 4) is 6.07 Å². The molecule has 0 aliphatic carbocycles. The summed E-state index contributed by atoms with van der Waals surface area (Å²) in [5.74, 6) is -0.115. The van der Waals surface area contributed by atoms with Gasteiger partial charge in [-0.3, -0.25) is 4.79 Å². The van der Waals surface area contributed by atoms with E-state index in [4.69, 9.17) is 10.00 Å². The zero-order chi connectivity index (χ0) is 11.7. The minimum Gasteiger partial charge on any atom is -0.378 e. The Morgan fingerprint density at radius 1 is 1.53 bits per heavy atom. The van der Waals surface area contributed by atoms with Gasteiger partial charge in [0.05, 0.1) is 25.2 Å². The zero-order valence-corrected chi connectivity index (χ0v) is 9.75. The Bertz CT molecular complexity index is 221. The van der Waals surface area contributed by atoms with Gasteiger partial charge in [-0.05, 0) is 20.3 Å². The first-order chi connectivity index (χ1) is 7.10. The molecule has 15 heavy (non-hydrogen) atoms. The van der Waals surface area contributed by atoms with Crippen LogP contribution in [0.2, 0.25) is 0 Å². The third-order valence-corrected chi connectivity index (χ3v) is 1.85. The Kier molecular flexibility index (Phi) is 7.65. The Balaban J connectivity index is 3.68. The van der Waals surface area contributed by atoms with Crippen molar-refractivity contribution in [2.24, 2.45) is 0 Å². The van der Waals surface area contributed by atoms with E-state index in [1.54, 1.807) is 0 Å². The highest BCUT2D eigenvalue weighted by molar-refractivity contribution is 5.76. The SMILES string of the molecule is CCCC(C#N)NC(=O)CCOC(C)C. The van der Waals surface area contributed by atoms with Gasteiger partial charge in [0.2, 0.25) is 5.91 Å². The van der Waals surface area contributed by atoms with Crippen LogP contribution in [0.25, 0.3) is 0 Å². The molecule has 0 rings (SSSR count). The fourth-order valence-electron chi connectivity index (χ4n) is 1.11. The maximum absolute atomic E-state index is 11.3. The number of hydrogen-bond acceptors (Lipinski definition) is 3. The van der Waals surface area contributed by atoms with Gasteiger partial charge in [0.1, 0.15) is 6.04 Å². The second kappa shape index (κ2) is 8.25. The molecule has 0 aliphatic heterocycles. The van der Waals surface area contributed by atoms with E-state index in [0.717, 1.165) is 6.42 Å². The van der Waals surface area contributed by atoms with Crippen molar-refractivity contribution in [1.29, 1.82) is 5.26 Å². The zero-order valence-electron chi connectivity index (χ0n) is 9.75. The Morgan fingerprint density at radius 2 is 2.20 bits per heavy atom. The molecule has 4 heteroatoms. The molecule has 1 unspecified atom stereocenters. The number of nitrogens with one attached hydrogen (secondary N) is 1. The number of carbonyl (C=O) groups excluding carboxylic acids is 1. The highest BCUT2D eigenvalue weighted by atomic mass is 16.5. The fraction of sp³-hybridized carbons (Fsp3) is 0.818. The molecule has 0 saturated heterocycles. The van der Waals surface area contributed by atoms with Gasteiger partial charge < -0.3 is 10.1 Å². The van der Waals surface area contributed by atoms with Gasteiger partial charge in [0.15, 0.2) is 0 Å². The molecule has 0 aromatic heterocycles. The fourth-order valence-corrected chi connectivity index (χ4v) is 1.11. The van der Waals surface area contributed by atoms with E-state index >= 15 is 0 Å². The van der Waals surface area contributed by atoms with Crippen LogP contribution in [0, 0.1) is 11.3 Å². The lowest BCUT2D eigenvalue weighted by atomic mass is 10.2. The van der Waals surface area contributed by atoms with Crippen LogP contribution >= 0.6 is 0 Å². The Morgan fingerprint density at radius 3 is 2.67 bits per heavy atom. The van der Waals surface area contributed by atoms with Crippen LogP contribution < -0.4 is 5.32 Å². The number of amides is 1. The number of rotatable bonds is 7. The van der Waals surface area contributed by atoms with Crippen LogP contribution in [0.5, 0.6) is 0 Å². The smallest absolute Gasteiger partial charge is 0.223 e. The quantitative estimate of drug-likeness (QED) is 0.697. The number of ether oxygens (including phenoxy) is 1. The first kappa shape index (κ1) is 13.9. The minimum atomic E-state index is -0.360. The number of carbonyl (C=O) groups is 1. The molecule has 1 atom stereocenters. The van der Waals surface area contributed by atoms with E-state index in [1.165, 1.54) is 0 Å². The molecular formula is C11H20N2O2. The molecule has 4 nitrogen and oxygen atoms in total. The average Bonchev–Trinajstić information content (AvgIpc) is 2.16. The maximum atomic E-state index is 11.3. The van der Waals surface area contributed by atoms with Gasteiger partial charge in [-0.1, -0.05) is 13.3 Å². The Labute approximate surface area is 91.6 Å². The molecular weight excluding hydrogens is 192 g/mol. The molecule has 0 aromatic carbocycles. The summed E-state index contributed by atoms with van der Waals surface area (Å²) < 4.78 is 5.24. The minimum absolute atomic E-state index is 0.115. The van der Waals surface area contributed by atoms with Gasteiger partial charge in [-0.25, -0.2) is 0 Å². The predicted molar refractivity (Wildman–Crippen MR) is 58.2 cm³/mol. The van der Waals surface area contributed by atoms with Gasteiger partial charge in [0.25, 0.3) is 0 Å². The summed E-state index contributed by atoms with van der Waals surface area (Å²) >= 11 is 0. The summed E-state index contributed by atoms with van der Waals surface area (Å²) in [7, 11) is 0. The average molecular weight is 212 g/mol. The summed E-state index contributed by atoms with van der Waals surface area (Å²) in [6, 6.07) is 1.70. The molecule has 0 fully saturated rings. The van der Waals surface area contributed by atoms with Crippen LogP contribution in [0.1, 0.15) is 40.0 Å².